The average Bonchev–Trinajstić information content (AvgIpc) is 2.30. The van der Waals surface area contributed by atoms with E-state index in [0.29, 0.717) is 39.5 Å². The number of nitrogens with one attached hydrogen (secondary N) is 1. The van der Waals surface area contributed by atoms with Gasteiger partial charge < -0.3 is 25.3 Å². The molecule has 6 heteroatoms. The highest BCUT2D eigenvalue weighted by molar-refractivity contribution is 5.67. The molecule has 0 rings (SSSR count). The summed E-state index contributed by atoms with van der Waals surface area (Å²) in [6.45, 7) is 6.52. The van der Waals surface area contributed by atoms with Crippen LogP contribution in [-0.2, 0) is 14.2 Å². The molecule has 0 aliphatic rings. The molecule has 0 aliphatic carbocycles. The molecule has 0 saturated carbocycles. The molecule has 0 radical (unpaired) electrons. The summed E-state index contributed by atoms with van der Waals surface area (Å²) in [4.78, 5) is 10.9. The molecule has 1 amide bonds. The first-order valence-corrected chi connectivity index (χ1v) is 5.18. The first kappa shape index (κ1) is 14.9. The molecule has 3 N–H and O–H groups in total. The van der Waals surface area contributed by atoms with E-state index in [0.717, 1.165) is 0 Å². The van der Waals surface area contributed by atoms with Crippen molar-refractivity contribution in [2.75, 3.05) is 46.1 Å². The molecule has 0 unspecified atom stereocenters. The standard InChI is InChI=1S/C10H20N2O4/c1-2-5-16-10(13)12-4-7-15-9-8-14-6-3-11/h2H,1,3-9,11H2,(H,12,13). The second-order valence-electron chi connectivity index (χ2n) is 2.83. The third-order valence-electron chi connectivity index (χ3n) is 1.48. The highest BCUT2D eigenvalue weighted by atomic mass is 16.5. The van der Waals surface area contributed by atoms with Gasteiger partial charge in [0.15, 0.2) is 0 Å². The second-order valence-corrected chi connectivity index (χ2v) is 2.83. The number of nitrogens with two attached hydrogens (primary N) is 1. The largest absolute Gasteiger partial charge is 0.445 e. The number of alkyl carbamates (subject to hydrolysis) is 1. The van der Waals surface area contributed by atoms with E-state index in [2.05, 4.69) is 16.6 Å². The molecule has 0 spiro atoms. The van der Waals surface area contributed by atoms with Crippen LogP contribution in [0.5, 0.6) is 0 Å². The fourth-order valence-electron chi connectivity index (χ4n) is 0.816. The summed E-state index contributed by atoms with van der Waals surface area (Å²) in [5.41, 5.74) is 5.23. The average molecular weight is 232 g/mol. The monoisotopic (exact) mass is 232 g/mol. The van der Waals surface area contributed by atoms with Crippen molar-refractivity contribution in [3.63, 3.8) is 0 Å². The Labute approximate surface area is 95.7 Å². The molecule has 0 atom stereocenters. The van der Waals surface area contributed by atoms with Gasteiger partial charge in [0.05, 0.1) is 26.4 Å². The van der Waals surface area contributed by atoms with Crippen LogP contribution in [0.4, 0.5) is 4.79 Å². The first-order valence-electron chi connectivity index (χ1n) is 5.18. The van der Waals surface area contributed by atoms with Crippen LogP contribution in [-0.4, -0.2) is 52.2 Å². The normalized spacial score (nSPS) is 9.81. The summed E-state index contributed by atoms with van der Waals surface area (Å²) in [7, 11) is 0. The Kier molecular flexibility index (Phi) is 11.1. The molecular weight excluding hydrogens is 212 g/mol. The first-order chi connectivity index (χ1) is 7.81. The van der Waals surface area contributed by atoms with E-state index in [1.807, 2.05) is 0 Å². The fraction of sp³-hybridized carbons (Fsp3) is 0.700. The minimum absolute atomic E-state index is 0.208. The van der Waals surface area contributed by atoms with Gasteiger partial charge in [-0.15, -0.1) is 0 Å². The number of amides is 1. The van der Waals surface area contributed by atoms with Crippen molar-refractivity contribution >= 4 is 6.09 Å². The Morgan fingerprint density at radius 3 is 2.56 bits per heavy atom. The molecule has 0 heterocycles. The maximum absolute atomic E-state index is 10.9. The van der Waals surface area contributed by atoms with E-state index in [4.69, 9.17) is 15.2 Å². The van der Waals surface area contributed by atoms with E-state index >= 15 is 0 Å². The van der Waals surface area contributed by atoms with Crippen molar-refractivity contribution in [3.8, 4) is 0 Å². The van der Waals surface area contributed by atoms with Gasteiger partial charge in [-0.1, -0.05) is 12.7 Å². The van der Waals surface area contributed by atoms with Gasteiger partial charge in [0, 0.05) is 13.1 Å². The summed E-state index contributed by atoms with van der Waals surface area (Å²) >= 11 is 0. The van der Waals surface area contributed by atoms with E-state index in [-0.39, 0.29) is 6.61 Å². The Bertz CT molecular complexity index is 188. The van der Waals surface area contributed by atoms with Crippen molar-refractivity contribution in [3.05, 3.63) is 12.7 Å². The number of hydrogen-bond acceptors (Lipinski definition) is 5. The summed E-state index contributed by atoms with van der Waals surface area (Å²) in [6, 6.07) is 0. The van der Waals surface area contributed by atoms with E-state index in [1.54, 1.807) is 0 Å². The molecule has 0 fully saturated rings. The zero-order chi connectivity index (χ0) is 12.1. The van der Waals surface area contributed by atoms with Gasteiger partial charge in [-0.2, -0.15) is 0 Å². The van der Waals surface area contributed by atoms with Gasteiger partial charge >= 0.3 is 6.09 Å². The number of hydrogen-bond donors (Lipinski definition) is 2. The van der Waals surface area contributed by atoms with Crippen LogP contribution in [0.3, 0.4) is 0 Å². The lowest BCUT2D eigenvalue weighted by atomic mass is 10.6. The van der Waals surface area contributed by atoms with Gasteiger partial charge in [0.2, 0.25) is 0 Å². The molecule has 0 bridgehead atoms. The molecule has 6 nitrogen and oxygen atoms in total. The topological polar surface area (TPSA) is 82.8 Å². The van der Waals surface area contributed by atoms with Crippen molar-refractivity contribution in [1.29, 1.82) is 0 Å². The lowest BCUT2D eigenvalue weighted by Gasteiger charge is -2.06. The summed E-state index contributed by atoms with van der Waals surface area (Å²) in [5, 5.41) is 2.52. The Balaban J connectivity index is 3.08. The Morgan fingerprint density at radius 1 is 1.25 bits per heavy atom. The number of carbonyl (C=O) groups excluding carboxylic acids is 1. The second kappa shape index (κ2) is 12.0. The van der Waals surface area contributed by atoms with Gasteiger partial charge in [0.1, 0.15) is 6.61 Å². The van der Waals surface area contributed by atoms with Crippen molar-refractivity contribution in [2.24, 2.45) is 5.73 Å². The lowest BCUT2D eigenvalue weighted by molar-refractivity contribution is 0.0514. The third-order valence-corrected chi connectivity index (χ3v) is 1.48. The van der Waals surface area contributed by atoms with Crippen LogP contribution in [0.25, 0.3) is 0 Å². The number of ether oxygens (including phenoxy) is 3. The fourth-order valence-corrected chi connectivity index (χ4v) is 0.816. The Hall–Kier alpha value is -1.11. The van der Waals surface area contributed by atoms with Crippen LogP contribution in [0.15, 0.2) is 12.7 Å². The number of rotatable bonds is 10. The highest BCUT2D eigenvalue weighted by Crippen LogP contribution is 1.80. The quantitative estimate of drug-likeness (QED) is 0.405. The van der Waals surface area contributed by atoms with Crippen LogP contribution >= 0.6 is 0 Å². The molecule has 0 aromatic rings. The van der Waals surface area contributed by atoms with Crippen LogP contribution in [0, 0.1) is 0 Å². The van der Waals surface area contributed by atoms with Gasteiger partial charge in [-0.3, -0.25) is 0 Å². The third kappa shape index (κ3) is 11.0. The lowest BCUT2D eigenvalue weighted by Crippen LogP contribution is -2.28. The van der Waals surface area contributed by atoms with Gasteiger partial charge in [-0.25, -0.2) is 4.79 Å². The summed E-state index contributed by atoms with van der Waals surface area (Å²) < 4.78 is 15.0. The summed E-state index contributed by atoms with van der Waals surface area (Å²) in [5.74, 6) is 0. The molecule has 16 heavy (non-hydrogen) atoms. The van der Waals surface area contributed by atoms with Crippen LogP contribution < -0.4 is 11.1 Å². The molecule has 0 aromatic heterocycles. The predicted octanol–water partition coefficient (Wildman–Crippen LogP) is -0.109. The molecule has 0 saturated heterocycles. The molecule has 94 valence electrons. The van der Waals surface area contributed by atoms with Crippen molar-refractivity contribution in [2.45, 2.75) is 0 Å². The summed E-state index contributed by atoms with van der Waals surface area (Å²) in [6.07, 6.45) is 1.04. The maximum Gasteiger partial charge on any atom is 0.407 e. The minimum Gasteiger partial charge on any atom is -0.445 e. The number of carbonyl (C=O) groups is 1. The smallest absolute Gasteiger partial charge is 0.407 e. The molecular formula is C10H20N2O4. The Morgan fingerprint density at radius 2 is 1.94 bits per heavy atom. The van der Waals surface area contributed by atoms with E-state index < -0.39 is 6.09 Å². The van der Waals surface area contributed by atoms with Gasteiger partial charge in [0.25, 0.3) is 0 Å². The SMILES string of the molecule is C=CCOC(=O)NCCOCCOCCN. The molecule has 0 aliphatic heterocycles. The van der Waals surface area contributed by atoms with Crippen LogP contribution in [0.1, 0.15) is 0 Å². The van der Waals surface area contributed by atoms with E-state index in [1.165, 1.54) is 6.08 Å². The highest BCUT2D eigenvalue weighted by Gasteiger charge is 1.98. The van der Waals surface area contributed by atoms with E-state index in [9.17, 15) is 4.79 Å². The predicted molar refractivity (Wildman–Crippen MR) is 60.2 cm³/mol. The van der Waals surface area contributed by atoms with Gasteiger partial charge in [-0.05, 0) is 0 Å². The maximum atomic E-state index is 10.9. The van der Waals surface area contributed by atoms with Crippen LogP contribution in [0.2, 0.25) is 0 Å². The minimum atomic E-state index is -0.470. The zero-order valence-corrected chi connectivity index (χ0v) is 9.44. The zero-order valence-electron chi connectivity index (χ0n) is 9.44. The van der Waals surface area contributed by atoms with Crippen molar-refractivity contribution < 1.29 is 19.0 Å². The molecule has 0 aromatic carbocycles. The van der Waals surface area contributed by atoms with Crippen molar-refractivity contribution in [1.82, 2.24) is 5.32 Å².